The van der Waals surface area contributed by atoms with Crippen LogP contribution in [0, 0.1) is 0 Å². The molecular formula is C10H11ClO2. The minimum Gasteiger partial charge on any atom is -0.478 e. The molecular weight excluding hydrogens is 188 g/mol. The van der Waals surface area contributed by atoms with Gasteiger partial charge in [0.05, 0.1) is 10.6 Å². The van der Waals surface area contributed by atoms with Crippen molar-refractivity contribution in [3.05, 3.63) is 34.3 Å². The van der Waals surface area contributed by atoms with Crippen LogP contribution in [0.25, 0.3) is 0 Å². The molecule has 1 N–H and O–H groups in total. The molecule has 0 aliphatic heterocycles. The fourth-order valence-electron chi connectivity index (χ4n) is 1.18. The molecule has 0 saturated heterocycles. The number of carbonyl (C=O) groups is 1. The molecule has 0 unspecified atom stereocenters. The number of hydrogen-bond acceptors (Lipinski definition) is 1. The Hall–Kier alpha value is -1.02. The molecule has 0 radical (unpaired) electrons. The van der Waals surface area contributed by atoms with Crippen molar-refractivity contribution in [2.45, 2.75) is 19.8 Å². The van der Waals surface area contributed by atoms with Crippen LogP contribution >= 0.6 is 11.6 Å². The molecule has 0 aliphatic carbocycles. The van der Waals surface area contributed by atoms with Gasteiger partial charge in [0.2, 0.25) is 0 Å². The van der Waals surface area contributed by atoms with Crippen molar-refractivity contribution in [2.24, 2.45) is 0 Å². The van der Waals surface area contributed by atoms with E-state index in [0.717, 1.165) is 18.4 Å². The largest absolute Gasteiger partial charge is 0.478 e. The molecule has 1 aromatic rings. The second kappa shape index (κ2) is 4.28. The fraction of sp³-hybridized carbons (Fsp3) is 0.300. The molecule has 0 spiro atoms. The highest BCUT2D eigenvalue weighted by Gasteiger charge is 2.08. The molecule has 70 valence electrons. The highest BCUT2D eigenvalue weighted by atomic mass is 35.5. The lowest BCUT2D eigenvalue weighted by Crippen LogP contribution is -1.98. The predicted molar refractivity (Wildman–Crippen MR) is 52.4 cm³/mol. The van der Waals surface area contributed by atoms with E-state index < -0.39 is 5.97 Å². The first-order chi connectivity index (χ1) is 6.15. The second-order valence-electron chi connectivity index (χ2n) is 2.87. The van der Waals surface area contributed by atoms with Gasteiger partial charge in [-0.25, -0.2) is 4.79 Å². The average molecular weight is 199 g/mol. The van der Waals surface area contributed by atoms with Gasteiger partial charge in [0.15, 0.2) is 0 Å². The summed E-state index contributed by atoms with van der Waals surface area (Å²) in [7, 11) is 0. The summed E-state index contributed by atoms with van der Waals surface area (Å²) >= 11 is 5.71. The van der Waals surface area contributed by atoms with Gasteiger partial charge < -0.3 is 5.11 Å². The molecule has 0 atom stereocenters. The number of aromatic carboxylic acids is 1. The van der Waals surface area contributed by atoms with Gasteiger partial charge in [0.25, 0.3) is 0 Å². The van der Waals surface area contributed by atoms with E-state index in [1.54, 1.807) is 12.1 Å². The van der Waals surface area contributed by atoms with E-state index in [4.69, 9.17) is 16.7 Å². The van der Waals surface area contributed by atoms with E-state index in [9.17, 15) is 4.79 Å². The van der Waals surface area contributed by atoms with Gasteiger partial charge in [0, 0.05) is 0 Å². The zero-order chi connectivity index (χ0) is 9.84. The van der Waals surface area contributed by atoms with Crippen LogP contribution in [0.2, 0.25) is 5.02 Å². The number of carboxylic acids is 1. The number of rotatable bonds is 3. The third-order valence-electron chi connectivity index (χ3n) is 1.80. The summed E-state index contributed by atoms with van der Waals surface area (Å²) in [5.74, 6) is -0.969. The monoisotopic (exact) mass is 198 g/mol. The van der Waals surface area contributed by atoms with Gasteiger partial charge in [0.1, 0.15) is 0 Å². The van der Waals surface area contributed by atoms with Crippen molar-refractivity contribution in [2.75, 3.05) is 0 Å². The summed E-state index contributed by atoms with van der Waals surface area (Å²) in [5, 5.41) is 9.07. The van der Waals surface area contributed by atoms with Gasteiger partial charge in [-0.15, -0.1) is 0 Å². The minimum atomic E-state index is -0.969. The van der Waals surface area contributed by atoms with Crippen molar-refractivity contribution in [3.8, 4) is 0 Å². The smallest absolute Gasteiger partial charge is 0.337 e. The summed E-state index contributed by atoms with van der Waals surface area (Å²) in [6.45, 7) is 2.05. The Morgan fingerprint density at radius 3 is 2.77 bits per heavy atom. The Kier molecular flexibility index (Phi) is 3.32. The summed E-state index contributed by atoms with van der Waals surface area (Å²) in [6, 6.07) is 5.13. The van der Waals surface area contributed by atoms with Gasteiger partial charge in [-0.2, -0.15) is 0 Å². The number of halogens is 1. The van der Waals surface area contributed by atoms with Crippen LogP contribution in [0.15, 0.2) is 18.2 Å². The van der Waals surface area contributed by atoms with Crippen molar-refractivity contribution in [1.82, 2.24) is 0 Å². The van der Waals surface area contributed by atoms with Crippen LogP contribution in [0.4, 0.5) is 0 Å². The molecule has 2 nitrogen and oxygen atoms in total. The van der Waals surface area contributed by atoms with Crippen LogP contribution in [-0.4, -0.2) is 11.1 Å². The molecule has 1 rings (SSSR count). The van der Waals surface area contributed by atoms with E-state index in [1.807, 2.05) is 6.07 Å². The van der Waals surface area contributed by atoms with Crippen LogP contribution in [-0.2, 0) is 6.42 Å². The summed E-state index contributed by atoms with van der Waals surface area (Å²) in [5.41, 5.74) is 1.21. The first-order valence-corrected chi connectivity index (χ1v) is 4.54. The molecule has 0 heterocycles. The quantitative estimate of drug-likeness (QED) is 0.811. The molecule has 0 aromatic heterocycles. The lowest BCUT2D eigenvalue weighted by molar-refractivity contribution is 0.0697. The van der Waals surface area contributed by atoms with Crippen LogP contribution in [0.5, 0.6) is 0 Å². The molecule has 3 heteroatoms. The predicted octanol–water partition coefficient (Wildman–Crippen LogP) is 2.99. The molecule has 0 saturated carbocycles. The summed E-state index contributed by atoms with van der Waals surface area (Å²) in [6.07, 6.45) is 1.89. The van der Waals surface area contributed by atoms with Crippen LogP contribution < -0.4 is 0 Å². The molecule has 1 aromatic carbocycles. The SMILES string of the molecule is CCCc1ccc(Cl)c(C(=O)O)c1. The molecule has 0 amide bonds. The maximum absolute atomic E-state index is 10.7. The van der Waals surface area contributed by atoms with E-state index in [1.165, 1.54) is 0 Å². The number of aryl methyl sites for hydroxylation is 1. The lowest BCUT2D eigenvalue weighted by atomic mass is 10.1. The topological polar surface area (TPSA) is 37.3 Å². The molecule has 0 fully saturated rings. The van der Waals surface area contributed by atoms with E-state index in [-0.39, 0.29) is 5.56 Å². The van der Waals surface area contributed by atoms with Gasteiger partial charge >= 0.3 is 5.97 Å². The Morgan fingerprint density at radius 2 is 2.23 bits per heavy atom. The third-order valence-corrected chi connectivity index (χ3v) is 2.13. The number of hydrogen-bond donors (Lipinski definition) is 1. The maximum Gasteiger partial charge on any atom is 0.337 e. The Labute approximate surface area is 82.2 Å². The zero-order valence-electron chi connectivity index (χ0n) is 7.38. The number of benzene rings is 1. The van der Waals surface area contributed by atoms with Gasteiger partial charge in [-0.3, -0.25) is 0 Å². The first kappa shape index (κ1) is 10.1. The van der Waals surface area contributed by atoms with Gasteiger partial charge in [-0.1, -0.05) is 31.0 Å². The summed E-state index contributed by atoms with van der Waals surface area (Å²) < 4.78 is 0. The van der Waals surface area contributed by atoms with Gasteiger partial charge in [-0.05, 0) is 24.1 Å². The average Bonchev–Trinajstić information content (AvgIpc) is 2.08. The number of carboxylic acid groups (broad SMARTS) is 1. The highest BCUT2D eigenvalue weighted by Crippen LogP contribution is 2.18. The standard InChI is InChI=1S/C10H11ClO2/c1-2-3-7-4-5-9(11)8(6-7)10(12)13/h4-6H,2-3H2,1H3,(H,12,13). The molecule has 0 aliphatic rings. The lowest BCUT2D eigenvalue weighted by Gasteiger charge is -2.02. The zero-order valence-corrected chi connectivity index (χ0v) is 8.14. The summed E-state index contributed by atoms with van der Waals surface area (Å²) in [4.78, 5) is 10.7. The molecule has 0 bridgehead atoms. The van der Waals surface area contributed by atoms with Crippen molar-refractivity contribution >= 4 is 17.6 Å². The van der Waals surface area contributed by atoms with E-state index in [2.05, 4.69) is 6.92 Å². The van der Waals surface area contributed by atoms with Crippen LogP contribution in [0.3, 0.4) is 0 Å². The Bertz CT molecular complexity index is 321. The van der Waals surface area contributed by atoms with E-state index >= 15 is 0 Å². The van der Waals surface area contributed by atoms with Crippen molar-refractivity contribution in [3.63, 3.8) is 0 Å². The molecule has 13 heavy (non-hydrogen) atoms. The first-order valence-electron chi connectivity index (χ1n) is 4.17. The normalized spacial score (nSPS) is 10.0. The maximum atomic E-state index is 10.7. The van der Waals surface area contributed by atoms with Crippen molar-refractivity contribution < 1.29 is 9.90 Å². The van der Waals surface area contributed by atoms with Crippen LogP contribution in [0.1, 0.15) is 29.3 Å². The Morgan fingerprint density at radius 1 is 1.54 bits per heavy atom. The highest BCUT2D eigenvalue weighted by molar-refractivity contribution is 6.33. The third kappa shape index (κ3) is 2.46. The second-order valence-corrected chi connectivity index (χ2v) is 3.28. The minimum absolute atomic E-state index is 0.188. The van der Waals surface area contributed by atoms with E-state index in [0.29, 0.717) is 5.02 Å². The Balaban J connectivity index is 3.04. The van der Waals surface area contributed by atoms with Crippen molar-refractivity contribution in [1.29, 1.82) is 0 Å². The fourth-order valence-corrected chi connectivity index (χ4v) is 1.38.